The van der Waals surface area contributed by atoms with E-state index in [9.17, 15) is 4.39 Å². The van der Waals surface area contributed by atoms with Gasteiger partial charge in [-0.2, -0.15) is 0 Å². The molecule has 18 heavy (non-hydrogen) atoms. The van der Waals surface area contributed by atoms with Gasteiger partial charge in [0.05, 0.1) is 6.61 Å². The molecule has 3 rings (SSSR count). The lowest BCUT2D eigenvalue weighted by molar-refractivity contribution is 0.273. The fraction of sp³-hybridized carbons (Fsp3) is 0.600. The molecule has 2 aliphatic rings. The lowest BCUT2D eigenvalue weighted by Gasteiger charge is -2.37. The molecule has 98 valence electrons. The summed E-state index contributed by atoms with van der Waals surface area (Å²) in [5, 5.41) is 0. The van der Waals surface area contributed by atoms with E-state index in [1.54, 1.807) is 6.07 Å². The van der Waals surface area contributed by atoms with Crippen LogP contribution in [0.25, 0.3) is 0 Å². The number of ether oxygens (including phenoxy) is 1. The SMILES string of the molecule is NCC1(c2c(F)ccc3c2OCC3)CCCCC1. The van der Waals surface area contributed by atoms with Crippen LogP contribution in [-0.4, -0.2) is 13.2 Å². The molecule has 1 aromatic rings. The lowest BCUT2D eigenvalue weighted by atomic mass is 9.68. The van der Waals surface area contributed by atoms with Crippen molar-refractivity contribution >= 4 is 0 Å². The van der Waals surface area contributed by atoms with Gasteiger partial charge in [0.15, 0.2) is 0 Å². The van der Waals surface area contributed by atoms with Crippen LogP contribution in [0.2, 0.25) is 0 Å². The molecule has 1 aliphatic heterocycles. The Bertz CT molecular complexity index is 452. The van der Waals surface area contributed by atoms with Crippen LogP contribution >= 0.6 is 0 Å². The Hall–Kier alpha value is -1.09. The van der Waals surface area contributed by atoms with Crippen molar-refractivity contribution in [2.24, 2.45) is 5.73 Å². The van der Waals surface area contributed by atoms with E-state index >= 15 is 0 Å². The predicted octanol–water partition coefficient (Wildman–Crippen LogP) is 2.92. The van der Waals surface area contributed by atoms with Gasteiger partial charge in [-0.25, -0.2) is 4.39 Å². The van der Waals surface area contributed by atoms with Crippen LogP contribution in [0.1, 0.15) is 43.2 Å². The summed E-state index contributed by atoms with van der Waals surface area (Å²) >= 11 is 0. The molecule has 0 saturated heterocycles. The van der Waals surface area contributed by atoms with E-state index in [0.717, 1.165) is 49.0 Å². The fourth-order valence-electron chi connectivity index (χ4n) is 3.51. The zero-order valence-electron chi connectivity index (χ0n) is 10.7. The molecule has 0 spiro atoms. The molecule has 2 nitrogen and oxygen atoms in total. The summed E-state index contributed by atoms with van der Waals surface area (Å²) in [7, 11) is 0. The summed E-state index contributed by atoms with van der Waals surface area (Å²) in [5.74, 6) is 0.658. The molecule has 0 unspecified atom stereocenters. The second-order valence-electron chi connectivity index (χ2n) is 5.55. The predicted molar refractivity (Wildman–Crippen MR) is 69.4 cm³/mol. The van der Waals surface area contributed by atoms with Gasteiger partial charge in [-0.3, -0.25) is 0 Å². The second-order valence-corrected chi connectivity index (χ2v) is 5.55. The number of benzene rings is 1. The summed E-state index contributed by atoms with van der Waals surface area (Å²) < 4.78 is 20.0. The van der Waals surface area contributed by atoms with Crippen LogP contribution in [0.5, 0.6) is 5.75 Å². The highest BCUT2D eigenvalue weighted by Crippen LogP contribution is 2.46. The first-order valence-electron chi connectivity index (χ1n) is 6.91. The van der Waals surface area contributed by atoms with Crippen LogP contribution in [0.15, 0.2) is 12.1 Å². The highest BCUT2D eigenvalue weighted by molar-refractivity contribution is 5.49. The minimum absolute atomic E-state index is 0.136. The van der Waals surface area contributed by atoms with E-state index in [1.165, 1.54) is 6.42 Å². The summed E-state index contributed by atoms with van der Waals surface area (Å²) in [6.45, 7) is 1.19. The molecule has 0 amide bonds. The molecular weight excluding hydrogens is 229 g/mol. The number of rotatable bonds is 2. The Morgan fingerprint density at radius 2 is 2.00 bits per heavy atom. The van der Waals surface area contributed by atoms with Crippen molar-refractivity contribution in [3.8, 4) is 5.75 Å². The summed E-state index contributed by atoms with van der Waals surface area (Å²) in [6, 6.07) is 3.45. The van der Waals surface area contributed by atoms with Crippen LogP contribution in [-0.2, 0) is 11.8 Å². The summed E-state index contributed by atoms with van der Waals surface area (Å²) in [4.78, 5) is 0. The highest BCUT2D eigenvalue weighted by atomic mass is 19.1. The van der Waals surface area contributed by atoms with E-state index in [4.69, 9.17) is 10.5 Å². The molecule has 1 aromatic carbocycles. The van der Waals surface area contributed by atoms with Gasteiger partial charge in [0, 0.05) is 23.9 Å². The molecular formula is C15H20FNO. The lowest BCUT2D eigenvalue weighted by Crippen LogP contribution is -2.38. The first-order chi connectivity index (χ1) is 8.77. The van der Waals surface area contributed by atoms with Crippen LogP contribution < -0.4 is 10.5 Å². The van der Waals surface area contributed by atoms with Crippen LogP contribution in [0, 0.1) is 5.82 Å². The van der Waals surface area contributed by atoms with Crippen molar-refractivity contribution in [3.63, 3.8) is 0 Å². The van der Waals surface area contributed by atoms with Crippen molar-refractivity contribution < 1.29 is 9.13 Å². The fourth-order valence-corrected chi connectivity index (χ4v) is 3.51. The molecule has 1 heterocycles. The molecule has 3 heteroatoms. The van der Waals surface area contributed by atoms with Crippen molar-refractivity contribution in [2.75, 3.05) is 13.2 Å². The number of fused-ring (bicyclic) bond motifs is 1. The van der Waals surface area contributed by atoms with Gasteiger partial charge in [-0.05, 0) is 24.5 Å². The van der Waals surface area contributed by atoms with E-state index in [0.29, 0.717) is 13.2 Å². The highest BCUT2D eigenvalue weighted by Gasteiger charge is 2.39. The molecule has 0 atom stereocenters. The Morgan fingerprint density at radius 3 is 2.72 bits per heavy atom. The van der Waals surface area contributed by atoms with E-state index in [1.807, 2.05) is 6.07 Å². The molecule has 1 aliphatic carbocycles. The maximum atomic E-state index is 14.3. The summed E-state index contributed by atoms with van der Waals surface area (Å²) in [5.41, 5.74) is 7.72. The Labute approximate surface area is 107 Å². The smallest absolute Gasteiger partial charge is 0.130 e. The molecule has 1 saturated carbocycles. The zero-order valence-corrected chi connectivity index (χ0v) is 10.7. The van der Waals surface area contributed by atoms with Crippen molar-refractivity contribution in [1.29, 1.82) is 0 Å². The summed E-state index contributed by atoms with van der Waals surface area (Å²) in [6.07, 6.45) is 6.38. The van der Waals surface area contributed by atoms with E-state index in [-0.39, 0.29) is 11.2 Å². The van der Waals surface area contributed by atoms with Gasteiger partial charge in [-0.1, -0.05) is 25.3 Å². The number of hydrogen-bond acceptors (Lipinski definition) is 2. The van der Waals surface area contributed by atoms with Crippen molar-refractivity contribution in [2.45, 2.75) is 43.9 Å². The molecule has 0 aromatic heterocycles. The van der Waals surface area contributed by atoms with Gasteiger partial charge >= 0.3 is 0 Å². The van der Waals surface area contributed by atoms with Gasteiger partial charge in [0.25, 0.3) is 0 Å². The molecule has 0 bridgehead atoms. The molecule has 0 radical (unpaired) electrons. The van der Waals surface area contributed by atoms with Gasteiger partial charge in [0.1, 0.15) is 11.6 Å². The van der Waals surface area contributed by atoms with Crippen LogP contribution in [0.3, 0.4) is 0 Å². The van der Waals surface area contributed by atoms with Crippen LogP contribution in [0.4, 0.5) is 4.39 Å². The Morgan fingerprint density at radius 1 is 1.22 bits per heavy atom. The average Bonchev–Trinajstić information content (AvgIpc) is 2.87. The third-order valence-electron chi connectivity index (χ3n) is 4.54. The third kappa shape index (κ3) is 1.72. The first-order valence-corrected chi connectivity index (χ1v) is 6.91. The maximum Gasteiger partial charge on any atom is 0.130 e. The third-order valence-corrected chi connectivity index (χ3v) is 4.54. The van der Waals surface area contributed by atoms with Gasteiger partial charge in [-0.15, -0.1) is 0 Å². The van der Waals surface area contributed by atoms with Crippen molar-refractivity contribution in [1.82, 2.24) is 0 Å². The quantitative estimate of drug-likeness (QED) is 0.874. The second kappa shape index (κ2) is 4.54. The first kappa shape index (κ1) is 12.0. The normalized spacial score (nSPS) is 21.4. The van der Waals surface area contributed by atoms with Gasteiger partial charge in [0.2, 0.25) is 0 Å². The van der Waals surface area contributed by atoms with E-state index < -0.39 is 0 Å². The van der Waals surface area contributed by atoms with E-state index in [2.05, 4.69) is 0 Å². The Balaban J connectivity index is 2.12. The maximum absolute atomic E-state index is 14.3. The van der Waals surface area contributed by atoms with Crippen molar-refractivity contribution in [3.05, 3.63) is 29.1 Å². The number of halogens is 1. The topological polar surface area (TPSA) is 35.2 Å². The number of hydrogen-bond donors (Lipinski definition) is 1. The largest absolute Gasteiger partial charge is 0.493 e. The molecule has 2 N–H and O–H groups in total. The number of nitrogens with two attached hydrogens (primary N) is 1. The Kier molecular flexibility index (Phi) is 3.02. The molecule has 1 fully saturated rings. The minimum Gasteiger partial charge on any atom is -0.493 e. The monoisotopic (exact) mass is 249 g/mol. The zero-order chi connectivity index (χ0) is 12.6. The minimum atomic E-state index is -0.196. The standard InChI is InChI=1S/C15H20FNO/c16-12-5-4-11-6-9-18-14(11)13(12)15(10-17)7-2-1-3-8-15/h4-5H,1-3,6-10,17H2. The van der Waals surface area contributed by atoms with Gasteiger partial charge < -0.3 is 10.5 Å². The average molecular weight is 249 g/mol.